The Bertz CT molecular complexity index is 1560. The number of carbonyl (C=O) groups is 2. The molecule has 5 rings (SSSR count). The van der Waals surface area contributed by atoms with E-state index in [0.717, 1.165) is 62.9 Å². The number of aryl methyl sites for hydroxylation is 4. The highest BCUT2D eigenvalue weighted by molar-refractivity contribution is 5.95. The van der Waals surface area contributed by atoms with Crippen LogP contribution >= 0.6 is 0 Å². The first-order valence-electron chi connectivity index (χ1n) is 13.6. The van der Waals surface area contributed by atoms with Crippen LogP contribution in [0.4, 0.5) is 0 Å². The van der Waals surface area contributed by atoms with Gasteiger partial charge in [-0.3, -0.25) is 9.59 Å². The van der Waals surface area contributed by atoms with Crippen molar-refractivity contribution in [2.24, 2.45) is 0 Å². The molecule has 1 amide bonds. The summed E-state index contributed by atoms with van der Waals surface area (Å²) >= 11 is 0. The van der Waals surface area contributed by atoms with Gasteiger partial charge < -0.3 is 9.64 Å². The van der Waals surface area contributed by atoms with E-state index in [-0.39, 0.29) is 24.2 Å². The predicted octanol–water partition coefficient (Wildman–Crippen LogP) is 5.58. The minimum Gasteiger partial charge on any atom is -0.469 e. The van der Waals surface area contributed by atoms with Gasteiger partial charge in [-0.25, -0.2) is 4.68 Å². The summed E-state index contributed by atoms with van der Waals surface area (Å²) in [5, 5.41) is 8.71. The normalized spacial score (nSPS) is 13.8. The van der Waals surface area contributed by atoms with Crippen molar-refractivity contribution in [3.05, 3.63) is 92.5 Å². The average molecular weight is 525 g/mol. The van der Waals surface area contributed by atoms with Gasteiger partial charge in [-0.05, 0) is 104 Å². The standard InChI is InChI=1S/C32H36N4O3/c1-7-36-29-11-10-27(22(5)31(29)33-34-36)28(17-30(37)39-6)24-9-8-23-12-13-35(18-26(23)16-24)32(38)25-14-19(2)21(4)20(3)15-25/h8-11,14-16,28H,7,12-13,17-18H2,1-6H3/t28-/m0/s1. The molecule has 0 unspecified atom stereocenters. The third kappa shape index (κ3) is 4.93. The number of aromatic nitrogens is 3. The number of fused-ring (bicyclic) bond motifs is 2. The monoisotopic (exact) mass is 524 g/mol. The lowest BCUT2D eigenvalue weighted by Crippen LogP contribution is -2.36. The second-order valence-electron chi connectivity index (χ2n) is 10.6. The molecular formula is C32H36N4O3. The molecule has 39 heavy (non-hydrogen) atoms. The molecule has 1 atom stereocenters. The van der Waals surface area contributed by atoms with Gasteiger partial charge in [0.2, 0.25) is 0 Å². The van der Waals surface area contributed by atoms with E-state index in [4.69, 9.17) is 4.74 Å². The summed E-state index contributed by atoms with van der Waals surface area (Å²) < 4.78 is 6.96. The zero-order chi connectivity index (χ0) is 27.8. The van der Waals surface area contributed by atoms with E-state index in [1.54, 1.807) is 0 Å². The Hall–Kier alpha value is -4.00. The Labute approximate surface area is 229 Å². The highest BCUT2D eigenvalue weighted by atomic mass is 16.5. The van der Waals surface area contributed by atoms with E-state index in [9.17, 15) is 9.59 Å². The van der Waals surface area contributed by atoms with Gasteiger partial charge in [0.05, 0.1) is 19.0 Å². The van der Waals surface area contributed by atoms with Crippen molar-refractivity contribution in [2.45, 2.75) is 66.5 Å². The first-order valence-corrected chi connectivity index (χ1v) is 13.6. The molecule has 7 nitrogen and oxygen atoms in total. The van der Waals surface area contributed by atoms with Crippen LogP contribution < -0.4 is 0 Å². The van der Waals surface area contributed by atoms with Crippen LogP contribution in [0.15, 0.2) is 42.5 Å². The van der Waals surface area contributed by atoms with E-state index >= 15 is 0 Å². The lowest BCUT2D eigenvalue weighted by atomic mass is 9.83. The van der Waals surface area contributed by atoms with Crippen LogP contribution in [0.5, 0.6) is 0 Å². The predicted molar refractivity (Wildman–Crippen MR) is 152 cm³/mol. The summed E-state index contributed by atoms with van der Waals surface area (Å²) in [6.45, 7) is 12.3. The van der Waals surface area contributed by atoms with Gasteiger partial charge in [0.25, 0.3) is 5.91 Å². The first kappa shape index (κ1) is 26.6. The lowest BCUT2D eigenvalue weighted by Gasteiger charge is -2.30. The van der Waals surface area contributed by atoms with Crippen molar-refractivity contribution in [2.75, 3.05) is 13.7 Å². The third-order valence-electron chi connectivity index (χ3n) is 8.36. The summed E-state index contributed by atoms with van der Waals surface area (Å²) in [7, 11) is 1.42. The molecule has 0 fully saturated rings. The molecule has 0 spiro atoms. The highest BCUT2D eigenvalue weighted by Crippen LogP contribution is 2.35. The van der Waals surface area contributed by atoms with E-state index in [1.165, 1.54) is 18.2 Å². The van der Waals surface area contributed by atoms with Gasteiger partial charge in [-0.2, -0.15) is 0 Å². The molecule has 3 aromatic carbocycles. The molecule has 1 aromatic heterocycles. The van der Waals surface area contributed by atoms with Crippen LogP contribution in [0.25, 0.3) is 11.0 Å². The molecule has 1 aliphatic heterocycles. The molecule has 0 radical (unpaired) electrons. The van der Waals surface area contributed by atoms with Crippen molar-refractivity contribution in [3.63, 3.8) is 0 Å². The molecule has 0 N–H and O–H groups in total. The molecule has 202 valence electrons. The van der Waals surface area contributed by atoms with Crippen LogP contribution in [-0.2, 0) is 29.0 Å². The summed E-state index contributed by atoms with van der Waals surface area (Å²) in [6, 6.07) is 14.5. The molecule has 0 saturated carbocycles. The van der Waals surface area contributed by atoms with Gasteiger partial charge in [0.15, 0.2) is 0 Å². The number of ether oxygens (including phenoxy) is 1. The molecule has 0 bridgehead atoms. The van der Waals surface area contributed by atoms with E-state index in [2.05, 4.69) is 55.3 Å². The number of methoxy groups -OCH3 is 1. The summed E-state index contributed by atoms with van der Waals surface area (Å²) in [6.07, 6.45) is 1.02. The maximum Gasteiger partial charge on any atom is 0.306 e. The highest BCUT2D eigenvalue weighted by Gasteiger charge is 2.27. The molecule has 7 heteroatoms. The number of amides is 1. The minimum absolute atomic E-state index is 0.0590. The van der Waals surface area contributed by atoms with Gasteiger partial charge >= 0.3 is 5.97 Å². The fourth-order valence-electron chi connectivity index (χ4n) is 5.76. The first-order chi connectivity index (χ1) is 18.7. The fourth-order valence-corrected chi connectivity index (χ4v) is 5.76. The number of benzene rings is 3. The molecule has 2 heterocycles. The number of esters is 1. The molecule has 0 saturated heterocycles. The smallest absolute Gasteiger partial charge is 0.306 e. The van der Waals surface area contributed by atoms with E-state index in [0.29, 0.717) is 13.1 Å². The zero-order valence-electron chi connectivity index (χ0n) is 23.7. The van der Waals surface area contributed by atoms with Gasteiger partial charge in [0, 0.05) is 31.1 Å². The van der Waals surface area contributed by atoms with Crippen molar-refractivity contribution < 1.29 is 14.3 Å². The molecule has 0 aliphatic carbocycles. The second-order valence-corrected chi connectivity index (χ2v) is 10.6. The van der Waals surface area contributed by atoms with Crippen molar-refractivity contribution in [1.82, 2.24) is 19.9 Å². The second kappa shape index (κ2) is 10.6. The average Bonchev–Trinajstić information content (AvgIpc) is 3.37. The molecule has 1 aliphatic rings. The topological polar surface area (TPSA) is 77.3 Å². The molecule has 4 aromatic rings. The van der Waals surface area contributed by atoms with Crippen molar-refractivity contribution in [3.8, 4) is 0 Å². The Morgan fingerprint density at radius 2 is 1.72 bits per heavy atom. The Morgan fingerprint density at radius 1 is 0.974 bits per heavy atom. The van der Waals surface area contributed by atoms with Gasteiger partial charge in [0.1, 0.15) is 5.52 Å². The zero-order valence-corrected chi connectivity index (χ0v) is 23.7. The van der Waals surface area contributed by atoms with Crippen LogP contribution in [0.1, 0.15) is 74.1 Å². The summed E-state index contributed by atoms with van der Waals surface area (Å²) in [5.74, 6) is -0.410. The summed E-state index contributed by atoms with van der Waals surface area (Å²) in [5.41, 5.74) is 11.5. The maximum atomic E-state index is 13.5. The van der Waals surface area contributed by atoms with Crippen molar-refractivity contribution >= 4 is 22.9 Å². The van der Waals surface area contributed by atoms with Crippen LogP contribution in [0.2, 0.25) is 0 Å². The largest absolute Gasteiger partial charge is 0.469 e. The summed E-state index contributed by atoms with van der Waals surface area (Å²) in [4.78, 5) is 28.0. The number of nitrogens with zero attached hydrogens (tertiary/aromatic N) is 4. The fraction of sp³-hybridized carbons (Fsp3) is 0.375. The van der Waals surface area contributed by atoms with Crippen LogP contribution in [-0.4, -0.2) is 45.4 Å². The maximum absolute atomic E-state index is 13.5. The van der Waals surface area contributed by atoms with Crippen LogP contribution in [0.3, 0.4) is 0 Å². The Balaban J connectivity index is 1.50. The SMILES string of the molecule is CCn1nnc2c(C)c([C@@H](CC(=O)OC)c3ccc4c(c3)CN(C(=O)c3cc(C)c(C)c(C)c3)CC4)ccc21. The van der Waals surface area contributed by atoms with E-state index < -0.39 is 0 Å². The van der Waals surface area contributed by atoms with Gasteiger partial charge in [-0.1, -0.05) is 29.5 Å². The third-order valence-corrected chi connectivity index (χ3v) is 8.36. The minimum atomic E-state index is -0.267. The van der Waals surface area contributed by atoms with Crippen LogP contribution in [0, 0.1) is 27.7 Å². The van der Waals surface area contributed by atoms with Crippen molar-refractivity contribution in [1.29, 1.82) is 0 Å². The Kier molecular flexibility index (Phi) is 7.25. The van der Waals surface area contributed by atoms with Gasteiger partial charge in [-0.15, -0.1) is 5.10 Å². The quantitative estimate of drug-likeness (QED) is 0.308. The number of carbonyl (C=O) groups excluding carboxylic acids is 2. The Morgan fingerprint density at radius 3 is 2.41 bits per heavy atom. The number of hydrogen-bond donors (Lipinski definition) is 0. The number of hydrogen-bond acceptors (Lipinski definition) is 5. The molecular weight excluding hydrogens is 488 g/mol. The van der Waals surface area contributed by atoms with E-state index in [1.807, 2.05) is 41.6 Å². The number of rotatable bonds is 6. The lowest BCUT2D eigenvalue weighted by molar-refractivity contribution is -0.140.